The second kappa shape index (κ2) is 11.5. The molecule has 1 saturated heterocycles. The number of pyridine rings is 1. The fourth-order valence-electron chi connectivity index (χ4n) is 5.02. The Morgan fingerprint density at radius 3 is 2.58 bits per heavy atom. The summed E-state index contributed by atoms with van der Waals surface area (Å²) in [5, 5.41) is 9.43. The number of aromatic nitrogens is 3. The number of piperidine rings is 1. The molecule has 0 saturated carbocycles. The number of hydrogen-bond donors (Lipinski definition) is 1. The number of carbonyl (C=O) groups is 1. The monoisotopic (exact) mass is 554 g/mol. The maximum Gasteiger partial charge on any atom is 0.335 e. The molecule has 0 unspecified atom stereocenters. The first-order valence-corrected chi connectivity index (χ1v) is 12.9. The topological polar surface area (TPSA) is 89.7 Å². The Hall–Kier alpha value is -4.12. The molecule has 0 amide bonds. The van der Waals surface area contributed by atoms with Crippen molar-refractivity contribution < 1.29 is 32.5 Å². The molecule has 1 aliphatic rings. The van der Waals surface area contributed by atoms with Gasteiger partial charge in [-0.15, -0.1) is 0 Å². The summed E-state index contributed by atoms with van der Waals surface area (Å²) in [7, 11) is 3.37. The second-order valence-electron chi connectivity index (χ2n) is 9.83. The fourth-order valence-corrected chi connectivity index (χ4v) is 5.02. The summed E-state index contributed by atoms with van der Waals surface area (Å²) >= 11 is 0. The minimum absolute atomic E-state index is 0.110. The number of benzene rings is 2. The molecule has 2 aromatic heterocycles. The number of ether oxygens (including phenoxy) is 2. The van der Waals surface area contributed by atoms with Crippen molar-refractivity contribution >= 4 is 17.0 Å². The van der Waals surface area contributed by atoms with E-state index in [2.05, 4.69) is 9.88 Å². The van der Waals surface area contributed by atoms with Gasteiger partial charge in [-0.2, -0.15) is 0 Å². The number of halogens is 3. The highest BCUT2D eigenvalue weighted by atomic mass is 19.3. The van der Waals surface area contributed by atoms with Crippen LogP contribution in [0.15, 0.2) is 48.5 Å². The zero-order valence-corrected chi connectivity index (χ0v) is 22.1. The van der Waals surface area contributed by atoms with Gasteiger partial charge >= 0.3 is 5.97 Å². The molecule has 3 heterocycles. The lowest BCUT2D eigenvalue weighted by molar-refractivity contribution is 0.0696. The predicted molar refractivity (Wildman–Crippen MR) is 141 cm³/mol. The van der Waals surface area contributed by atoms with Crippen molar-refractivity contribution in [1.29, 1.82) is 0 Å². The number of carboxylic acids is 1. The quantitative estimate of drug-likeness (QED) is 0.284. The number of hydrogen-bond acceptors (Lipinski definition) is 6. The van der Waals surface area contributed by atoms with E-state index in [9.17, 15) is 23.1 Å². The van der Waals surface area contributed by atoms with Crippen LogP contribution in [0, 0.1) is 5.82 Å². The van der Waals surface area contributed by atoms with Crippen LogP contribution in [0.25, 0.3) is 11.0 Å². The zero-order chi connectivity index (χ0) is 28.4. The number of alkyl halides is 2. The van der Waals surface area contributed by atoms with Crippen molar-refractivity contribution in [2.75, 3.05) is 20.2 Å². The van der Waals surface area contributed by atoms with Crippen molar-refractivity contribution in [2.45, 2.75) is 38.3 Å². The van der Waals surface area contributed by atoms with Crippen LogP contribution < -0.4 is 9.47 Å². The van der Waals surface area contributed by atoms with Gasteiger partial charge in [-0.25, -0.2) is 27.9 Å². The number of aryl methyl sites for hydroxylation is 1. The van der Waals surface area contributed by atoms with Gasteiger partial charge < -0.3 is 19.1 Å². The van der Waals surface area contributed by atoms with E-state index in [1.807, 2.05) is 23.7 Å². The van der Waals surface area contributed by atoms with Crippen LogP contribution in [0.1, 0.15) is 58.2 Å². The summed E-state index contributed by atoms with van der Waals surface area (Å²) in [4.78, 5) is 23.2. The molecule has 210 valence electrons. The van der Waals surface area contributed by atoms with E-state index in [1.54, 1.807) is 12.1 Å². The number of aromatic carboxylic acids is 1. The summed E-state index contributed by atoms with van der Waals surface area (Å²) in [6.07, 6.45) is -0.985. The van der Waals surface area contributed by atoms with Crippen molar-refractivity contribution in [2.24, 2.45) is 7.05 Å². The molecule has 4 aromatic rings. The molecule has 0 atom stereocenters. The molecule has 8 nitrogen and oxygen atoms in total. The van der Waals surface area contributed by atoms with Gasteiger partial charge in [0.25, 0.3) is 6.43 Å². The fraction of sp³-hybridized carbons (Fsp3) is 0.345. The van der Waals surface area contributed by atoms with Gasteiger partial charge in [-0.1, -0.05) is 18.2 Å². The first kappa shape index (κ1) is 27.4. The van der Waals surface area contributed by atoms with Gasteiger partial charge in [-0.05, 0) is 50.2 Å². The third-order valence-corrected chi connectivity index (χ3v) is 7.33. The molecule has 1 aliphatic heterocycles. The summed E-state index contributed by atoms with van der Waals surface area (Å²) in [5.74, 6) is 0.0619. The number of carboxylic acid groups (broad SMARTS) is 1. The Balaban J connectivity index is 1.21. The minimum Gasteiger partial charge on any atom is -0.494 e. The standard InChI is InChI=1S/C29H29F3N4O4/c1-35-23-13-20(29(37)38)14-24(39-2)27(23)34-25(35)15-36-10-8-17(9-11-36)22-4-3-5-26(33-22)40-16-19-7-6-18(28(31)32)12-21(19)30/h3-7,12-14,17,28H,8-11,15-16H2,1-2H3,(H,37,38). The maximum atomic E-state index is 14.2. The van der Waals surface area contributed by atoms with Crippen molar-refractivity contribution in [3.05, 3.63) is 82.6 Å². The highest BCUT2D eigenvalue weighted by Gasteiger charge is 2.24. The first-order valence-electron chi connectivity index (χ1n) is 12.9. The average Bonchev–Trinajstić information content (AvgIpc) is 3.27. The van der Waals surface area contributed by atoms with E-state index in [0.717, 1.165) is 43.5 Å². The Kier molecular flexibility index (Phi) is 7.92. The van der Waals surface area contributed by atoms with Gasteiger partial charge in [0.2, 0.25) is 5.88 Å². The predicted octanol–water partition coefficient (Wildman–Crippen LogP) is 5.71. The van der Waals surface area contributed by atoms with Crippen molar-refractivity contribution in [1.82, 2.24) is 19.4 Å². The van der Waals surface area contributed by atoms with Gasteiger partial charge in [0.1, 0.15) is 29.5 Å². The lowest BCUT2D eigenvalue weighted by atomic mass is 9.93. The van der Waals surface area contributed by atoms with E-state index in [0.29, 0.717) is 29.2 Å². The molecule has 5 rings (SSSR count). The highest BCUT2D eigenvalue weighted by Crippen LogP contribution is 2.31. The smallest absolute Gasteiger partial charge is 0.335 e. The molecule has 40 heavy (non-hydrogen) atoms. The van der Waals surface area contributed by atoms with E-state index in [1.165, 1.54) is 25.3 Å². The van der Waals surface area contributed by atoms with Crippen molar-refractivity contribution in [3.8, 4) is 11.6 Å². The average molecular weight is 555 g/mol. The Morgan fingerprint density at radius 2 is 1.90 bits per heavy atom. The number of imidazole rings is 1. The van der Waals surface area contributed by atoms with E-state index >= 15 is 0 Å². The third kappa shape index (κ3) is 5.74. The van der Waals surface area contributed by atoms with Gasteiger partial charge in [-0.3, -0.25) is 4.90 Å². The van der Waals surface area contributed by atoms with Gasteiger partial charge in [0, 0.05) is 35.9 Å². The number of likely N-dealkylation sites (tertiary alicyclic amines) is 1. The van der Waals surface area contributed by atoms with Crippen LogP contribution in [0.4, 0.5) is 13.2 Å². The molecule has 0 spiro atoms. The first-order chi connectivity index (χ1) is 19.2. The lowest BCUT2D eigenvalue weighted by Gasteiger charge is -2.31. The second-order valence-corrected chi connectivity index (χ2v) is 9.83. The SMILES string of the molecule is COc1cc(C(=O)O)cc2c1nc(CN1CCC(c3cccc(OCc4ccc(C(F)F)cc4F)n3)CC1)n2C. The van der Waals surface area contributed by atoms with Crippen LogP contribution in [0.2, 0.25) is 0 Å². The molecule has 2 aromatic carbocycles. The Morgan fingerprint density at radius 1 is 1.12 bits per heavy atom. The summed E-state index contributed by atoms with van der Waals surface area (Å²) in [6, 6.07) is 11.9. The number of fused-ring (bicyclic) bond motifs is 1. The molecule has 0 radical (unpaired) electrons. The molecule has 0 aliphatic carbocycles. The number of methoxy groups -OCH3 is 1. The maximum absolute atomic E-state index is 14.2. The van der Waals surface area contributed by atoms with Crippen molar-refractivity contribution in [3.63, 3.8) is 0 Å². The van der Waals surface area contributed by atoms with Crippen LogP contribution in [0.3, 0.4) is 0 Å². The van der Waals surface area contributed by atoms with Crippen LogP contribution in [-0.4, -0.2) is 50.7 Å². The molecular weight excluding hydrogens is 525 g/mol. The Labute approximate surface area is 229 Å². The summed E-state index contributed by atoms with van der Waals surface area (Å²) < 4.78 is 52.7. The molecule has 11 heteroatoms. The Bertz CT molecular complexity index is 1530. The largest absolute Gasteiger partial charge is 0.494 e. The van der Waals surface area contributed by atoms with E-state index < -0.39 is 18.2 Å². The minimum atomic E-state index is -2.73. The number of nitrogens with zero attached hydrogens (tertiary/aromatic N) is 4. The summed E-state index contributed by atoms with van der Waals surface area (Å²) in [5.41, 5.74) is 2.19. The molecule has 1 N–H and O–H groups in total. The molecular formula is C29H29F3N4O4. The third-order valence-electron chi connectivity index (χ3n) is 7.33. The molecule has 1 fully saturated rings. The zero-order valence-electron chi connectivity index (χ0n) is 22.1. The van der Waals surface area contributed by atoms with E-state index in [4.69, 9.17) is 14.5 Å². The van der Waals surface area contributed by atoms with E-state index in [-0.39, 0.29) is 29.2 Å². The lowest BCUT2D eigenvalue weighted by Crippen LogP contribution is -2.33. The number of rotatable bonds is 9. The summed E-state index contributed by atoms with van der Waals surface area (Å²) in [6.45, 7) is 2.14. The van der Waals surface area contributed by atoms with Crippen LogP contribution in [-0.2, 0) is 20.2 Å². The van der Waals surface area contributed by atoms with Gasteiger partial charge in [0.15, 0.2) is 0 Å². The van der Waals surface area contributed by atoms with Crippen LogP contribution >= 0.6 is 0 Å². The van der Waals surface area contributed by atoms with Crippen LogP contribution in [0.5, 0.6) is 11.6 Å². The van der Waals surface area contributed by atoms with Gasteiger partial charge in [0.05, 0.1) is 24.7 Å². The normalized spacial score (nSPS) is 14.7. The molecule has 0 bridgehead atoms. The highest BCUT2D eigenvalue weighted by molar-refractivity contribution is 5.95.